The molecule has 1 aromatic carbocycles. The second-order valence-electron chi connectivity index (χ2n) is 3.59. The topological polar surface area (TPSA) is 55.5 Å². The lowest BCUT2D eigenvalue weighted by Gasteiger charge is -2.16. The Balaban J connectivity index is 3.33. The van der Waals surface area contributed by atoms with Crippen molar-refractivity contribution < 1.29 is 14.2 Å². The van der Waals surface area contributed by atoms with Gasteiger partial charge in [-0.1, -0.05) is 6.92 Å². The Bertz CT molecular complexity index is 366. The molecular weight excluding hydrogens is 197 g/mol. The fourth-order valence-corrected chi connectivity index (χ4v) is 1.56. The van der Waals surface area contributed by atoms with Crippen LogP contribution in [0.5, 0.6) is 11.5 Å². The van der Waals surface area contributed by atoms with E-state index < -0.39 is 5.82 Å². The van der Waals surface area contributed by atoms with Gasteiger partial charge in [0.05, 0.1) is 7.11 Å². The van der Waals surface area contributed by atoms with Crippen molar-refractivity contribution in [3.05, 3.63) is 23.0 Å². The first kappa shape index (κ1) is 11.8. The van der Waals surface area contributed by atoms with Crippen molar-refractivity contribution in [3.63, 3.8) is 0 Å². The molecule has 0 heterocycles. The van der Waals surface area contributed by atoms with Crippen LogP contribution in [0.3, 0.4) is 0 Å². The first-order valence-electron chi connectivity index (χ1n) is 4.78. The second-order valence-corrected chi connectivity index (χ2v) is 3.59. The summed E-state index contributed by atoms with van der Waals surface area (Å²) in [5.74, 6) is -0.805. The molecule has 4 heteroatoms. The Hall–Kier alpha value is -1.29. The molecule has 0 saturated carbocycles. The summed E-state index contributed by atoms with van der Waals surface area (Å²) >= 11 is 0. The third kappa shape index (κ3) is 2.04. The molecule has 0 aliphatic carbocycles. The molecule has 1 unspecified atom stereocenters. The molecule has 84 valence electrons. The van der Waals surface area contributed by atoms with Crippen LogP contribution in [-0.4, -0.2) is 18.8 Å². The lowest BCUT2D eigenvalue weighted by Crippen LogP contribution is -2.11. The van der Waals surface area contributed by atoms with E-state index in [1.54, 1.807) is 6.92 Å². The van der Waals surface area contributed by atoms with Crippen LogP contribution in [0.1, 0.15) is 24.0 Å². The zero-order valence-electron chi connectivity index (χ0n) is 9.17. The summed E-state index contributed by atoms with van der Waals surface area (Å²) in [4.78, 5) is 0. The predicted octanol–water partition coefficient (Wildman–Crippen LogP) is 1.91. The first-order valence-corrected chi connectivity index (χ1v) is 4.78. The third-order valence-corrected chi connectivity index (χ3v) is 2.59. The van der Waals surface area contributed by atoms with Crippen LogP contribution in [0.15, 0.2) is 6.07 Å². The van der Waals surface area contributed by atoms with E-state index in [0.717, 1.165) is 0 Å². The Kier molecular flexibility index (Phi) is 3.52. The number of aromatic hydroxyl groups is 1. The number of hydrogen-bond donors (Lipinski definition) is 2. The van der Waals surface area contributed by atoms with Gasteiger partial charge < -0.3 is 15.6 Å². The highest BCUT2D eigenvalue weighted by molar-refractivity contribution is 5.51. The van der Waals surface area contributed by atoms with Gasteiger partial charge in [0.15, 0.2) is 17.3 Å². The van der Waals surface area contributed by atoms with Crippen molar-refractivity contribution >= 4 is 0 Å². The third-order valence-electron chi connectivity index (χ3n) is 2.59. The van der Waals surface area contributed by atoms with Crippen LogP contribution in [0.2, 0.25) is 0 Å². The Morgan fingerprint density at radius 1 is 1.60 bits per heavy atom. The molecule has 0 saturated heterocycles. The molecule has 0 amide bonds. The maximum atomic E-state index is 13.5. The highest BCUT2D eigenvalue weighted by Crippen LogP contribution is 2.36. The Morgan fingerprint density at radius 3 is 2.67 bits per heavy atom. The van der Waals surface area contributed by atoms with Crippen LogP contribution in [-0.2, 0) is 0 Å². The van der Waals surface area contributed by atoms with E-state index in [1.807, 2.05) is 6.92 Å². The molecule has 15 heavy (non-hydrogen) atoms. The second kappa shape index (κ2) is 4.49. The van der Waals surface area contributed by atoms with Crippen molar-refractivity contribution in [3.8, 4) is 11.5 Å². The maximum absolute atomic E-state index is 13.5. The van der Waals surface area contributed by atoms with E-state index in [9.17, 15) is 9.50 Å². The minimum atomic E-state index is -0.559. The van der Waals surface area contributed by atoms with Crippen molar-refractivity contribution in [2.75, 3.05) is 13.7 Å². The minimum absolute atomic E-state index is 0.0105. The molecule has 0 fully saturated rings. The quantitative estimate of drug-likeness (QED) is 0.806. The van der Waals surface area contributed by atoms with Crippen molar-refractivity contribution in [1.82, 2.24) is 0 Å². The zero-order valence-corrected chi connectivity index (χ0v) is 9.17. The monoisotopic (exact) mass is 213 g/mol. The lowest BCUT2D eigenvalue weighted by molar-refractivity contribution is 0.348. The average Bonchev–Trinajstić information content (AvgIpc) is 2.23. The largest absolute Gasteiger partial charge is 0.504 e. The summed E-state index contributed by atoms with van der Waals surface area (Å²) in [7, 11) is 1.32. The number of nitrogens with two attached hydrogens (primary N) is 1. The van der Waals surface area contributed by atoms with Gasteiger partial charge in [-0.2, -0.15) is 0 Å². The SMILES string of the molecule is COc1c(F)cc(C(C)CN)c(C)c1O. The van der Waals surface area contributed by atoms with Gasteiger partial charge in [-0.05, 0) is 36.6 Å². The number of phenolic OH excluding ortho intramolecular Hbond substituents is 1. The Labute approximate surface area is 88.7 Å². The van der Waals surface area contributed by atoms with E-state index >= 15 is 0 Å². The fourth-order valence-electron chi connectivity index (χ4n) is 1.56. The minimum Gasteiger partial charge on any atom is -0.504 e. The molecule has 3 N–H and O–H groups in total. The molecule has 1 aromatic rings. The van der Waals surface area contributed by atoms with Crippen LogP contribution in [0.25, 0.3) is 0 Å². The summed E-state index contributed by atoms with van der Waals surface area (Å²) < 4.78 is 18.2. The standard InChI is InChI=1S/C11H16FNO2/c1-6(5-13)8-4-9(12)11(15-3)10(14)7(8)2/h4,6,14H,5,13H2,1-3H3. The summed E-state index contributed by atoms with van der Waals surface area (Å²) in [5, 5.41) is 9.70. The van der Waals surface area contributed by atoms with Crippen LogP contribution in [0, 0.1) is 12.7 Å². The number of hydrogen-bond acceptors (Lipinski definition) is 3. The van der Waals surface area contributed by atoms with Gasteiger partial charge >= 0.3 is 0 Å². The number of rotatable bonds is 3. The van der Waals surface area contributed by atoms with Crippen molar-refractivity contribution in [1.29, 1.82) is 0 Å². The van der Waals surface area contributed by atoms with Gasteiger partial charge in [-0.3, -0.25) is 0 Å². The zero-order chi connectivity index (χ0) is 11.6. The van der Waals surface area contributed by atoms with Crippen LogP contribution >= 0.6 is 0 Å². The smallest absolute Gasteiger partial charge is 0.196 e. The number of ether oxygens (including phenoxy) is 1. The maximum Gasteiger partial charge on any atom is 0.196 e. The number of methoxy groups -OCH3 is 1. The highest BCUT2D eigenvalue weighted by atomic mass is 19.1. The molecule has 1 atom stereocenters. The van der Waals surface area contributed by atoms with E-state index in [1.165, 1.54) is 13.2 Å². The molecule has 0 aromatic heterocycles. The Morgan fingerprint density at radius 2 is 2.20 bits per heavy atom. The average molecular weight is 213 g/mol. The van der Waals surface area contributed by atoms with Crippen LogP contribution in [0.4, 0.5) is 4.39 Å². The lowest BCUT2D eigenvalue weighted by atomic mass is 9.95. The molecular formula is C11H16FNO2. The molecule has 0 spiro atoms. The van der Waals surface area contributed by atoms with Gasteiger partial charge in [0.2, 0.25) is 0 Å². The number of phenols is 1. The fraction of sp³-hybridized carbons (Fsp3) is 0.455. The number of halogens is 1. The van der Waals surface area contributed by atoms with E-state index in [4.69, 9.17) is 10.5 Å². The first-order chi connectivity index (χ1) is 7.02. The van der Waals surface area contributed by atoms with Crippen LogP contribution < -0.4 is 10.5 Å². The molecule has 0 aliphatic heterocycles. The molecule has 0 aliphatic rings. The summed E-state index contributed by atoms with van der Waals surface area (Å²) in [6, 6.07) is 1.37. The van der Waals surface area contributed by atoms with Gasteiger partial charge in [0, 0.05) is 0 Å². The highest BCUT2D eigenvalue weighted by Gasteiger charge is 2.18. The van der Waals surface area contributed by atoms with E-state index in [2.05, 4.69) is 0 Å². The number of benzene rings is 1. The van der Waals surface area contributed by atoms with Crippen molar-refractivity contribution in [2.45, 2.75) is 19.8 Å². The normalized spacial score (nSPS) is 12.6. The van der Waals surface area contributed by atoms with E-state index in [0.29, 0.717) is 17.7 Å². The van der Waals surface area contributed by atoms with Gasteiger partial charge in [0.1, 0.15) is 0 Å². The summed E-state index contributed by atoms with van der Waals surface area (Å²) in [6.45, 7) is 4.01. The molecule has 1 rings (SSSR count). The predicted molar refractivity (Wildman–Crippen MR) is 56.8 cm³/mol. The summed E-state index contributed by atoms with van der Waals surface area (Å²) in [5.41, 5.74) is 6.84. The summed E-state index contributed by atoms with van der Waals surface area (Å²) in [6.07, 6.45) is 0. The van der Waals surface area contributed by atoms with E-state index in [-0.39, 0.29) is 17.4 Å². The molecule has 0 bridgehead atoms. The van der Waals surface area contributed by atoms with Gasteiger partial charge in [-0.25, -0.2) is 4.39 Å². The van der Waals surface area contributed by atoms with Crippen molar-refractivity contribution in [2.24, 2.45) is 5.73 Å². The van der Waals surface area contributed by atoms with Gasteiger partial charge in [-0.15, -0.1) is 0 Å². The molecule has 3 nitrogen and oxygen atoms in total. The molecule has 0 radical (unpaired) electrons. The van der Waals surface area contributed by atoms with Gasteiger partial charge in [0.25, 0.3) is 0 Å².